The van der Waals surface area contributed by atoms with E-state index in [2.05, 4.69) is 13.8 Å². The van der Waals surface area contributed by atoms with Gasteiger partial charge < -0.3 is 0 Å². The summed E-state index contributed by atoms with van der Waals surface area (Å²) in [6.07, 6.45) is 3.08. The van der Waals surface area contributed by atoms with Gasteiger partial charge >= 0.3 is 0 Å². The standard InChI is InChI=1S/C16H25NO2S/c1-13(2)15-8-6-11-17(12-10-15)20(18,19)16-9-5-4-7-14(16)3/h4-5,7,9,13,15H,6,8,10-12H2,1-3H3. The Morgan fingerprint density at radius 2 is 1.85 bits per heavy atom. The molecule has 0 radical (unpaired) electrons. The number of hydrogen-bond donors (Lipinski definition) is 0. The highest BCUT2D eigenvalue weighted by atomic mass is 32.2. The minimum Gasteiger partial charge on any atom is -0.207 e. The molecule has 20 heavy (non-hydrogen) atoms. The van der Waals surface area contributed by atoms with Crippen molar-refractivity contribution < 1.29 is 8.42 Å². The molecule has 1 aromatic rings. The van der Waals surface area contributed by atoms with E-state index in [1.165, 1.54) is 0 Å². The largest absolute Gasteiger partial charge is 0.243 e. The molecule has 1 atom stereocenters. The summed E-state index contributed by atoms with van der Waals surface area (Å²) in [4.78, 5) is 0.461. The lowest BCUT2D eigenvalue weighted by Crippen LogP contribution is -2.32. The molecule has 1 heterocycles. The first-order valence-electron chi connectivity index (χ1n) is 7.48. The second-order valence-corrected chi connectivity index (χ2v) is 8.01. The quantitative estimate of drug-likeness (QED) is 0.856. The Morgan fingerprint density at radius 3 is 2.50 bits per heavy atom. The van der Waals surface area contributed by atoms with E-state index >= 15 is 0 Å². The van der Waals surface area contributed by atoms with Crippen LogP contribution in [0.5, 0.6) is 0 Å². The average Bonchev–Trinajstić information content (AvgIpc) is 2.65. The van der Waals surface area contributed by atoms with E-state index in [1.807, 2.05) is 19.1 Å². The van der Waals surface area contributed by atoms with Gasteiger partial charge in [0.15, 0.2) is 0 Å². The molecular formula is C16H25NO2S. The Morgan fingerprint density at radius 1 is 1.15 bits per heavy atom. The van der Waals surface area contributed by atoms with Gasteiger partial charge in [0.05, 0.1) is 4.90 Å². The van der Waals surface area contributed by atoms with Gasteiger partial charge in [0.2, 0.25) is 10.0 Å². The first-order valence-corrected chi connectivity index (χ1v) is 8.92. The molecule has 1 saturated heterocycles. The van der Waals surface area contributed by atoms with Crippen molar-refractivity contribution in [3.63, 3.8) is 0 Å². The highest BCUT2D eigenvalue weighted by Gasteiger charge is 2.29. The summed E-state index contributed by atoms with van der Waals surface area (Å²) in [5.41, 5.74) is 0.831. The van der Waals surface area contributed by atoms with Crippen LogP contribution >= 0.6 is 0 Å². The van der Waals surface area contributed by atoms with E-state index in [0.717, 1.165) is 24.8 Å². The summed E-state index contributed by atoms with van der Waals surface area (Å²) in [6, 6.07) is 7.26. The first-order chi connectivity index (χ1) is 9.43. The van der Waals surface area contributed by atoms with Gasteiger partial charge in [0.25, 0.3) is 0 Å². The fourth-order valence-corrected chi connectivity index (χ4v) is 4.71. The summed E-state index contributed by atoms with van der Waals surface area (Å²) in [5, 5.41) is 0. The highest BCUT2D eigenvalue weighted by molar-refractivity contribution is 7.89. The summed E-state index contributed by atoms with van der Waals surface area (Å²) < 4.78 is 27.2. The Balaban J connectivity index is 2.21. The molecule has 112 valence electrons. The highest BCUT2D eigenvalue weighted by Crippen LogP contribution is 2.28. The zero-order valence-corrected chi connectivity index (χ0v) is 13.5. The van der Waals surface area contributed by atoms with E-state index in [-0.39, 0.29) is 0 Å². The number of rotatable bonds is 3. The molecule has 0 bridgehead atoms. The molecule has 3 nitrogen and oxygen atoms in total. The topological polar surface area (TPSA) is 37.4 Å². The normalized spacial score (nSPS) is 21.9. The predicted octanol–water partition coefficient (Wildman–Crippen LogP) is 3.44. The van der Waals surface area contributed by atoms with Crippen LogP contribution in [0.15, 0.2) is 29.2 Å². The zero-order valence-electron chi connectivity index (χ0n) is 12.7. The van der Waals surface area contributed by atoms with E-state index in [0.29, 0.717) is 29.8 Å². The maximum absolute atomic E-state index is 12.8. The van der Waals surface area contributed by atoms with Gasteiger partial charge in [0, 0.05) is 13.1 Å². The third-order valence-electron chi connectivity index (χ3n) is 4.39. The Hall–Kier alpha value is -0.870. The summed E-state index contributed by atoms with van der Waals surface area (Å²) in [7, 11) is -3.33. The minimum absolute atomic E-state index is 0.461. The first kappa shape index (κ1) is 15.5. The monoisotopic (exact) mass is 295 g/mol. The molecule has 4 heteroatoms. The number of benzene rings is 1. The molecule has 0 N–H and O–H groups in total. The van der Waals surface area contributed by atoms with Gasteiger partial charge in [-0.3, -0.25) is 0 Å². The molecular weight excluding hydrogens is 270 g/mol. The lowest BCUT2D eigenvalue weighted by Gasteiger charge is -2.22. The molecule has 1 fully saturated rings. The molecule has 0 aliphatic carbocycles. The van der Waals surface area contributed by atoms with Crippen LogP contribution in [-0.2, 0) is 10.0 Å². The maximum Gasteiger partial charge on any atom is 0.243 e. The van der Waals surface area contributed by atoms with Gasteiger partial charge in [-0.2, -0.15) is 4.31 Å². The van der Waals surface area contributed by atoms with Crippen LogP contribution in [0.25, 0.3) is 0 Å². The predicted molar refractivity (Wildman–Crippen MR) is 82.1 cm³/mol. The summed E-state index contributed by atoms with van der Waals surface area (Å²) >= 11 is 0. The third kappa shape index (κ3) is 3.23. The fraction of sp³-hybridized carbons (Fsp3) is 0.625. The molecule has 0 aromatic heterocycles. The summed E-state index contributed by atoms with van der Waals surface area (Å²) in [5.74, 6) is 1.28. The van der Waals surface area contributed by atoms with E-state index in [4.69, 9.17) is 0 Å². The smallest absolute Gasteiger partial charge is 0.207 e. The zero-order chi connectivity index (χ0) is 14.8. The molecule has 0 spiro atoms. The van der Waals surface area contributed by atoms with Crippen molar-refractivity contribution in [3.05, 3.63) is 29.8 Å². The van der Waals surface area contributed by atoms with Crippen molar-refractivity contribution in [2.75, 3.05) is 13.1 Å². The summed E-state index contributed by atoms with van der Waals surface area (Å²) in [6.45, 7) is 7.63. The molecule has 1 aliphatic rings. The number of hydrogen-bond acceptors (Lipinski definition) is 2. The van der Waals surface area contributed by atoms with Crippen molar-refractivity contribution in [1.82, 2.24) is 4.31 Å². The van der Waals surface area contributed by atoms with Gasteiger partial charge in [-0.25, -0.2) is 8.42 Å². The van der Waals surface area contributed by atoms with Crippen LogP contribution in [0.4, 0.5) is 0 Å². The Bertz CT molecular complexity index is 551. The van der Waals surface area contributed by atoms with Gasteiger partial charge in [-0.1, -0.05) is 32.0 Å². The lowest BCUT2D eigenvalue weighted by molar-refractivity contribution is 0.340. The molecule has 1 aliphatic heterocycles. The van der Waals surface area contributed by atoms with Crippen LogP contribution in [-0.4, -0.2) is 25.8 Å². The molecule has 0 saturated carbocycles. The van der Waals surface area contributed by atoms with Crippen LogP contribution in [0.1, 0.15) is 38.7 Å². The van der Waals surface area contributed by atoms with Gasteiger partial charge in [0.1, 0.15) is 0 Å². The number of aryl methyl sites for hydroxylation is 1. The Kier molecular flexibility index (Phi) is 4.86. The fourth-order valence-electron chi connectivity index (χ4n) is 2.99. The third-order valence-corrected chi connectivity index (χ3v) is 6.44. The SMILES string of the molecule is Cc1ccccc1S(=O)(=O)N1CCCC(C(C)C)CC1. The molecule has 2 rings (SSSR count). The van der Waals surface area contributed by atoms with Crippen LogP contribution in [0, 0.1) is 18.8 Å². The van der Waals surface area contributed by atoms with E-state index in [1.54, 1.807) is 16.4 Å². The van der Waals surface area contributed by atoms with Crippen LogP contribution in [0.3, 0.4) is 0 Å². The van der Waals surface area contributed by atoms with Crippen molar-refractivity contribution in [2.24, 2.45) is 11.8 Å². The second-order valence-electron chi connectivity index (χ2n) is 6.10. The van der Waals surface area contributed by atoms with E-state index in [9.17, 15) is 8.42 Å². The van der Waals surface area contributed by atoms with Crippen molar-refractivity contribution in [2.45, 2.75) is 44.9 Å². The maximum atomic E-state index is 12.8. The van der Waals surface area contributed by atoms with Crippen LogP contribution in [0.2, 0.25) is 0 Å². The lowest BCUT2D eigenvalue weighted by atomic mass is 9.89. The average molecular weight is 295 g/mol. The van der Waals surface area contributed by atoms with Crippen molar-refractivity contribution >= 4 is 10.0 Å². The van der Waals surface area contributed by atoms with Gasteiger partial charge in [-0.15, -0.1) is 0 Å². The molecule has 1 aromatic carbocycles. The molecule has 0 amide bonds. The number of sulfonamides is 1. The van der Waals surface area contributed by atoms with Crippen molar-refractivity contribution in [1.29, 1.82) is 0 Å². The Labute approximate surface area is 123 Å². The van der Waals surface area contributed by atoms with E-state index < -0.39 is 10.0 Å². The van der Waals surface area contributed by atoms with Crippen LogP contribution < -0.4 is 0 Å². The minimum atomic E-state index is -3.33. The second kappa shape index (κ2) is 6.27. The number of nitrogens with zero attached hydrogens (tertiary/aromatic N) is 1. The van der Waals surface area contributed by atoms with Gasteiger partial charge in [-0.05, 0) is 49.7 Å². The van der Waals surface area contributed by atoms with Crippen molar-refractivity contribution in [3.8, 4) is 0 Å². The molecule has 1 unspecified atom stereocenters.